The molecular formula is C11H18N4O. The molecule has 5 nitrogen and oxygen atoms in total. The molecule has 0 fully saturated rings. The molecular weight excluding hydrogens is 204 g/mol. The largest absolute Gasteiger partial charge is 0.397 e. The van der Waals surface area contributed by atoms with Crippen LogP contribution in [-0.4, -0.2) is 31.6 Å². The topological polar surface area (TPSA) is 70.4 Å². The van der Waals surface area contributed by atoms with E-state index in [1.165, 1.54) is 0 Å². The molecule has 0 aliphatic rings. The van der Waals surface area contributed by atoms with Gasteiger partial charge in [0.25, 0.3) is 5.91 Å². The molecule has 0 radical (unpaired) electrons. The molecule has 0 unspecified atom stereocenters. The molecule has 1 aromatic rings. The molecule has 0 spiro atoms. The summed E-state index contributed by atoms with van der Waals surface area (Å²) in [6.07, 6.45) is 0. The number of hydrogen-bond acceptors (Lipinski definition) is 4. The predicted octanol–water partition coefficient (Wildman–Crippen LogP) is 0.907. The van der Waals surface area contributed by atoms with Gasteiger partial charge in [0.1, 0.15) is 0 Å². The molecule has 16 heavy (non-hydrogen) atoms. The standard InChI is InChI=1S/C11H18N4O/c1-4-13-11(16)8-5-6-10(9(12)7-8)14-15(2)3/h5-7,14H,4,12H2,1-3H3,(H,13,16). The quantitative estimate of drug-likeness (QED) is 0.523. The van der Waals surface area contributed by atoms with E-state index in [1.54, 1.807) is 23.2 Å². The second-order valence-electron chi connectivity index (χ2n) is 3.67. The summed E-state index contributed by atoms with van der Waals surface area (Å²) in [5, 5.41) is 4.51. The summed E-state index contributed by atoms with van der Waals surface area (Å²) in [4.78, 5) is 11.5. The number of rotatable bonds is 4. The molecule has 88 valence electrons. The van der Waals surface area contributed by atoms with Gasteiger partial charge in [-0.15, -0.1) is 0 Å². The highest BCUT2D eigenvalue weighted by Gasteiger charge is 2.07. The van der Waals surface area contributed by atoms with Crippen molar-refractivity contribution in [1.29, 1.82) is 0 Å². The summed E-state index contributed by atoms with van der Waals surface area (Å²) in [5.41, 5.74) is 10.8. The summed E-state index contributed by atoms with van der Waals surface area (Å²) in [7, 11) is 3.74. The molecule has 1 aromatic carbocycles. The predicted molar refractivity (Wildman–Crippen MR) is 66.2 cm³/mol. The molecule has 0 aromatic heterocycles. The average Bonchev–Trinajstić information content (AvgIpc) is 2.20. The van der Waals surface area contributed by atoms with Gasteiger partial charge in [-0.25, -0.2) is 5.01 Å². The third-order valence-electron chi connectivity index (χ3n) is 2.00. The monoisotopic (exact) mass is 222 g/mol. The van der Waals surface area contributed by atoms with E-state index < -0.39 is 0 Å². The molecule has 0 bridgehead atoms. The fourth-order valence-electron chi connectivity index (χ4n) is 1.31. The van der Waals surface area contributed by atoms with Crippen molar-refractivity contribution in [1.82, 2.24) is 10.3 Å². The fourth-order valence-corrected chi connectivity index (χ4v) is 1.31. The zero-order chi connectivity index (χ0) is 12.1. The van der Waals surface area contributed by atoms with Gasteiger partial charge in [0.15, 0.2) is 0 Å². The Labute approximate surface area is 95.6 Å². The van der Waals surface area contributed by atoms with Crippen LogP contribution < -0.4 is 16.5 Å². The van der Waals surface area contributed by atoms with Crippen molar-refractivity contribution in [3.63, 3.8) is 0 Å². The number of carbonyl (C=O) groups is 1. The van der Waals surface area contributed by atoms with Crippen molar-refractivity contribution < 1.29 is 4.79 Å². The molecule has 0 aliphatic heterocycles. The lowest BCUT2D eigenvalue weighted by Crippen LogP contribution is -2.23. The lowest BCUT2D eigenvalue weighted by Gasteiger charge is -2.15. The number of nitrogens with zero attached hydrogens (tertiary/aromatic N) is 1. The minimum atomic E-state index is -0.106. The molecule has 0 aliphatic carbocycles. The number of amides is 1. The lowest BCUT2D eigenvalue weighted by molar-refractivity contribution is 0.0956. The third kappa shape index (κ3) is 3.13. The highest BCUT2D eigenvalue weighted by molar-refractivity contribution is 5.96. The molecule has 1 rings (SSSR count). The summed E-state index contributed by atoms with van der Waals surface area (Å²) < 4.78 is 0. The van der Waals surface area contributed by atoms with Gasteiger partial charge in [0, 0.05) is 26.2 Å². The Balaban J connectivity index is 2.86. The summed E-state index contributed by atoms with van der Waals surface area (Å²) in [6, 6.07) is 5.20. The van der Waals surface area contributed by atoms with Crippen LogP contribution in [0.15, 0.2) is 18.2 Å². The van der Waals surface area contributed by atoms with Crippen molar-refractivity contribution in [2.75, 3.05) is 31.8 Å². The second-order valence-corrected chi connectivity index (χ2v) is 3.67. The maximum Gasteiger partial charge on any atom is 0.251 e. The van der Waals surface area contributed by atoms with E-state index in [0.29, 0.717) is 17.8 Å². The molecule has 4 N–H and O–H groups in total. The van der Waals surface area contributed by atoms with Crippen LogP contribution in [0, 0.1) is 0 Å². The van der Waals surface area contributed by atoms with Crippen LogP contribution in [0.5, 0.6) is 0 Å². The van der Waals surface area contributed by atoms with Crippen LogP contribution in [0.25, 0.3) is 0 Å². The summed E-state index contributed by atoms with van der Waals surface area (Å²) in [5.74, 6) is -0.106. The number of hydrazine groups is 1. The summed E-state index contributed by atoms with van der Waals surface area (Å²) in [6.45, 7) is 2.49. The maximum absolute atomic E-state index is 11.5. The van der Waals surface area contributed by atoms with Crippen LogP contribution in [-0.2, 0) is 0 Å². The minimum absolute atomic E-state index is 0.106. The van der Waals surface area contributed by atoms with Gasteiger partial charge < -0.3 is 16.5 Å². The first-order valence-corrected chi connectivity index (χ1v) is 5.16. The van der Waals surface area contributed by atoms with Crippen LogP contribution in [0.4, 0.5) is 11.4 Å². The molecule has 0 saturated heterocycles. The first kappa shape index (κ1) is 12.3. The Morgan fingerprint density at radius 2 is 2.12 bits per heavy atom. The average molecular weight is 222 g/mol. The van der Waals surface area contributed by atoms with Gasteiger partial charge in [-0.1, -0.05) is 0 Å². The first-order chi connectivity index (χ1) is 7.54. The number of nitrogens with two attached hydrogens (primary N) is 1. The van der Waals surface area contributed by atoms with Crippen molar-refractivity contribution in [2.45, 2.75) is 6.92 Å². The number of anilines is 2. The minimum Gasteiger partial charge on any atom is -0.397 e. The van der Waals surface area contributed by atoms with Crippen LogP contribution in [0.1, 0.15) is 17.3 Å². The normalized spacial score (nSPS) is 10.2. The number of hydrogen-bond donors (Lipinski definition) is 3. The zero-order valence-electron chi connectivity index (χ0n) is 9.87. The van der Waals surface area contributed by atoms with Crippen molar-refractivity contribution in [3.05, 3.63) is 23.8 Å². The van der Waals surface area contributed by atoms with E-state index in [2.05, 4.69) is 10.7 Å². The molecule has 0 heterocycles. The Kier molecular flexibility index (Phi) is 4.13. The van der Waals surface area contributed by atoms with Crippen molar-refractivity contribution >= 4 is 17.3 Å². The number of nitrogens with one attached hydrogen (secondary N) is 2. The SMILES string of the molecule is CCNC(=O)c1ccc(NN(C)C)c(N)c1. The number of nitrogen functional groups attached to an aromatic ring is 1. The van der Waals surface area contributed by atoms with Crippen LogP contribution in [0.3, 0.4) is 0 Å². The maximum atomic E-state index is 11.5. The van der Waals surface area contributed by atoms with Gasteiger partial charge >= 0.3 is 0 Å². The second kappa shape index (κ2) is 5.37. The number of carbonyl (C=O) groups excluding carboxylic acids is 1. The highest BCUT2D eigenvalue weighted by atomic mass is 16.1. The molecule has 1 amide bonds. The molecule has 0 atom stereocenters. The van der Waals surface area contributed by atoms with Crippen LogP contribution in [0.2, 0.25) is 0 Å². The smallest absolute Gasteiger partial charge is 0.251 e. The van der Waals surface area contributed by atoms with Crippen molar-refractivity contribution in [2.24, 2.45) is 0 Å². The molecule has 5 heteroatoms. The van der Waals surface area contributed by atoms with E-state index >= 15 is 0 Å². The van der Waals surface area contributed by atoms with Gasteiger partial charge in [-0.2, -0.15) is 0 Å². The highest BCUT2D eigenvalue weighted by Crippen LogP contribution is 2.19. The fraction of sp³-hybridized carbons (Fsp3) is 0.364. The number of benzene rings is 1. The van der Waals surface area contributed by atoms with E-state index in [4.69, 9.17) is 5.73 Å². The lowest BCUT2D eigenvalue weighted by atomic mass is 10.1. The van der Waals surface area contributed by atoms with Crippen molar-refractivity contribution in [3.8, 4) is 0 Å². The van der Waals surface area contributed by atoms with Gasteiger partial charge in [0.2, 0.25) is 0 Å². The van der Waals surface area contributed by atoms with Gasteiger partial charge in [0.05, 0.1) is 11.4 Å². The Bertz CT molecular complexity index is 376. The van der Waals surface area contributed by atoms with Gasteiger partial charge in [-0.05, 0) is 25.1 Å². The first-order valence-electron chi connectivity index (χ1n) is 5.16. The Morgan fingerprint density at radius 1 is 1.44 bits per heavy atom. The van der Waals surface area contributed by atoms with Crippen LogP contribution >= 0.6 is 0 Å². The third-order valence-corrected chi connectivity index (χ3v) is 2.00. The zero-order valence-corrected chi connectivity index (χ0v) is 9.87. The van der Waals surface area contributed by atoms with E-state index in [0.717, 1.165) is 5.69 Å². The van der Waals surface area contributed by atoms with E-state index in [-0.39, 0.29) is 5.91 Å². The molecule has 0 saturated carbocycles. The Hall–Kier alpha value is -1.75. The van der Waals surface area contributed by atoms with E-state index in [9.17, 15) is 4.79 Å². The van der Waals surface area contributed by atoms with Gasteiger partial charge in [-0.3, -0.25) is 4.79 Å². The van der Waals surface area contributed by atoms with E-state index in [1.807, 2.05) is 21.0 Å². The summed E-state index contributed by atoms with van der Waals surface area (Å²) >= 11 is 0. The Morgan fingerprint density at radius 3 is 2.62 bits per heavy atom.